The van der Waals surface area contributed by atoms with Gasteiger partial charge in [0.05, 0.1) is 16.1 Å². The molecule has 0 atom stereocenters. The molecule has 2 N–H and O–H groups in total. The van der Waals surface area contributed by atoms with Gasteiger partial charge in [0.15, 0.2) is 0 Å². The molecule has 0 saturated carbocycles. The summed E-state index contributed by atoms with van der Waals surface area (Å²) in [5.41, 5.74) is 2.33. The van der Waals surface area contributed by atoms with Gasteiger partial charge in [0.1, 0.15) is 12.4 Å². The van der Waals surface area contributed by atoms with E-state index in [4.69, 9.17) is 9.94 Å². The Bertz CT molecular complexity index is 989. The molecule has 0 aromatic heterocycles. The fraction of sp³-hybridized carbons (Fsp3) is 0.211. The highest BCUT2D eigenvalue weighted by Gasteiger charge is 2.26. The van der Waals surface area contributed by atoms with Gasteiger partial charge in [-0.2, -0.15) is 0 Å². The Morgan fingerprint density at radius 3 is 2.48 bits per heavy atom. The van der Waals surface area contributed by atoms with Crippen LogP contribution >= 0.6 is 0 Å². The van der Waals surface area contributed by atoms with Crippen LogP contribution in [0.2, 0.25) is 0 Å². The van der Waals surface area contributed by atoms with Crippen LogP contribution in [0, 0.1) is 18.8 Å². The van der Waals surface area contributed by atoms with Gasteiger partial charge in [-0.15, -0.1) is 5.92 Å². The minimum absolute atomic E-state index is 0.0394. The van der Waals surface area contributed by atoms with Crippen LogP contribution in [0.4, 0.5) is 5.69 Å². The number of nitrogens with zero attached hydrogens (tertiary/aromatic N) is 1. The number of amides is 1. The van der Waals surface area contributed by atoms with Crippen LogP contribution in [0.5, 0.6) is 5.75 Å². The van der Waals surface area contributed by atoms with Crippen molar-refractivity contribution < 1.29 is 23.2 Å². The second kappa shape index (κ2) is 8.58. The lowest BCUT2D eigenvalue weighted by Crippen LogP contribution is -2.30. The van der Waals surface area contributed by atoms with Crippen molar-refractivity contribution in [3.05, 3.63) is 53.6 Å². The second-order valence-corrected chi connectivity index (χ2v) is 7.54. The molecule has 0 radical (unpaired) electrons. The average molecular weight is 388 g/mol. The van der Waals surface area contributed by atoms with Gasteiger partial charge in [0, 0.05) is 7.05 Å². The maximum Gasteiger partial charge on any atom is 0.276 e. The topological polar surface area (TPSA) is 95.9 Å². The van der Waals surface area contributed by atoms with E-state index in [1.54, 1.807) is 26.0 Å². The van der Waals surface area contributed by atoms with Gasteiger partial charge in [-0.1, -0.05) is 18.1 Å². The standard InChI is InChI=1S/C19H20N2O5S/c1-4-5-13-26-15-9-11-16(12-10-15)27(24,25)21(3)18-14(2)7-6-8-17(18)19(22)20-23/h6-12,23H,13H2,1-3H3,(H,20,22). The number of nitrogens with one attached hydrogen (secondary N) is 1. The maximum atomic E-state index is 13.0. The number of carbonyl (C=O) groups is 1. The highest BCUT2D eigenvalue weighted by molar-refractivity contribution is 7.92. The van der Waals surface area contributed by atoms with E-state index in [0.717, 1.165) is 4.31 Å². The molecular formula is C19H20N2O5S. The average Bonchev–Trinajstić information content (AvgIpc) is 2.67. The first-order valence-corrected chi connectivity index (χ1v) is 9.42. The van der Waals surface area contributed by atoms with Crippen molar-refractivity contribution in [2.24, 2.45) is 0 Å². The molecule has 1 amide bonds. The molecule has 0 aliphatic carbocycles. The Balaban J connectivity index is 2.39. The van der Waals surface area contributed by atoms with Crippen LogP contribution < -0.4 is 14.5 Å². The number of aryl methyl sites for hydroxylation is 1. The zero-order valence-corrected chi connectivity index (χ0v) is 16.0. The number of para-hydroxylation sites is 1. The van der Waals surface area contributed by atoms with Crippen LogP contribution in [0.15, 0.2) is 47.4 Å². The van der Waals surface area contributed by atoms with Crippen molar-refractivity contribution in [3.63, 3.8) is 0 Å². The summed E-state index contributed by atoms with van der Waals surface area (Å²) in [5, 5.41) is 8.93. The van der Waals surface area contributed by atoms with E-state index < -0.39 is 15.9 Å². The van der Waals surface area contributed by atoms with Crippen molar-refractivity contribution in [1.82, 2.24) is 5.48 Å². The van der Waals surface area contributed by atoms with Crippen molar-refractivity contribution >= 4 is 21.6 Å². The molecule has 2 rings (SSSR count). The first kappa shape index (κ1) is 20.3. The first-order chi connectivity index (χ1) is 12.8. The highest BCUT2D eigenvalue weighted by Crippen LogP contribution is 2.29. The number of sulfonamides is 1. The Kier molecular flexibility index (Phi) is 6.45. The van der Waals surface area contributed by atoms with Crippen molar-refractivity contribution in [1.29, 1.82) is 0 Å². The summed E-state index contributed by atoms with van der Waals surface area (Å²) in [5.74, 6) is 5.16. The molecule has 8 heteroatoms. The quantitative estimate of drug-likeness (QED) is 0.450. The maximum absolute atomic E-state index is 13.0. The molecule has 2 aromatic rings. The molecule has 0 heterocycles. The molecule has 142 valence electrons. The number of hydrogen-bond donors (Lipinski definition) is 2. The zero-order valence-electron chi connectivity index (χ0n) is 15.2. The lowest BCUT2D eigenvalue weighted by Gasteiger charge is -2.23. The van der Waals surface area contributed by atoms with E-state index in [9.17, 15) is 13.2 Å². The summed E-state index contributed by atoms with van der Waals surface area (Å²) in [6, 6.07) is 10.6. The second-order valence-electron chi connectivity index (χ2n) is 5.57. The Morgan fingerprint density at radius 1 is 1.22 bits per heavy atom. The predicted octanol–water partition coefficient (Wildman–Crippen LogP) is 2.34. The number of rotatable bonds is 6. The lowest BCUT2D eigenvalue weighted by molar-refractivity contribution is 0.0707. The van der Waals surface area contributed by atoms with E-state index in [1.165, 1.54) is 42.9 Å². The smallest absolute Gasteiger partial charge is 0.276 e. The third-order valence-electron chi connectivity index (χ3n) is 3.87. The van der Waals surface area contributed by atoms with E-state index in [1.807, 2.05) is 0 Å². The largest absolute Gasteiger partial charge is 0.481 e. The molecule has 0 saturated heterocycles. The van der Waals surface area contributed by atoms with Gasteiger partial charge < -0.3 is 4.74 Å². The van der Waals surface area contributed by atoms with Gasteiger partial charge in [0.25, 0.3) is 15.9 Å². The van der Waals surface area contributed by atoms with E-state index in [-0.39, 0.29) is 22.8 Å². The van der Waals surface area contributed by atoms with Gasteiger partial charge in [-0.3, -0.25) is 14.3 Å². The fourth-order valence-electron chi connectivity index (χ4n) is 2.50. The molecule has 7 nitrogen and oxygen atoms in total. The van der Waals surface area contributed by atoms with E-state index in [2.05, 4.69) is 11.8 Å². The van der Waals surface area contributed by atoms with Crippen LogP contribution in [0.3, 0.4) is 0 Å². The van der Waals surface area contributed by atoms with Crippen molar-refractivity contribution in [3.8, 4) is 17.6 Å². The third-order valence-corrected chi connectivity index (χ3v) is 5.64. The molecule has 2 aromatic carbocycles. The Morgan fingerprint density at radius 2 is 1.89 bits per heavy atom. The molecule has 0 spiro atoms. The summed E-state index contributed by atoms with van der Waals surface area (Å²) in [6.45, 7) is 3.60. The van der Waals surface area contributed by atoms with Crippen molar-refractivity contribution in [2.45, 2.75) is 18.7 Å². The van der Waals surface area contributed by atoms with E-state index >= 15 is 0 Å². The summed E-state index contributed by atoms with van der Waals surface area (Å²) in [6.07, 6.45) is 0. The van der Waals surface area contributed by atoms with E-state index in [0.29, 0.717) is 11.3 Å². The summed E-state index contributed by atoms with van der Waals surface area (Å²) in [4.78, 5) is 12.0. The molecule has 0 aliphatic rings. The molecule has 0 bridgehead atoms. The summed E-state index contributed by atoms with van der Waals surface area (Å²) >= 11 is 0. The predicted molar refractivity (Wildman–Crippen MR) is 101 cm³/mol. The first-order valence-electron chi connectivity index (χ1n) is 7.98. The number of hydroxylamine groups is 1. The lowest BCUT2D eigenvalue weighted by atomic mass is 10.1. The molecule has 0 aliphatic heterocycles. The minimum Gasteiger partial charge on any atom is -0.481 e. The van der Waals surface area contributed by atoms with Crippen LogP contribution in [-0.4, -0.2) is 33.2 Å². The molecule has 0 fully saturated rings. The zero-order chi connectivity index (χ0) is 20.0. The molecular weight excluding hydrogens is 368 g/mol. The van der Waals surface area contributed by atoms with Gasteiger partial charge in [-0.25, -0.2) is 13.9 Å². The van der Waals surface area contributed by atoms with Crippen LogP contribution in [0.1, 0.15) is 22.8 Å². The monoisotopic (exact) mass is 388 g/mol. The summed E-state index contributed by atoms with van der Waals surface area (Å²) in [7, 11) is -2.58. The number of benzene rings is 2. The number of carbonyl (C=O) groups excluding carboxylic acids is 1. The SMILES string of the molecule is CC#CCOc1ccc(S(=O)(=O)N(C)c2c(C)cccc2C(=O)NO)cc1. The number of anilines is 1. The minimum atomic E-state index is -3.93. The van der Waals surface area contributed by atoms with Crippen LogP contribution in [-0.2, 0) is 10.0 Å². The Hall–Kier alpha value is -3.02. The highest BCUT2D eigenvalue weighted by atomic mass is 32.2. The summed E-state index contributed by atoms with van der Waals surface area (Å²) < 4.78 is 32.4. The Labute approximate surface area is 158 Å². The number of ether oxygens (including phenoxy) is 1. The fourth-order valence-corrected chi connectivity index (χ4v) is 3.78. The molecule has 0 unspecified atom stereocenters. The van der Waals surface area contributed by atoms with Gasteiger partial charge in [-0.05, 0) is 49.7 Å². The van der Waals surface area contributed by atoms with Gasteiger partial charge >= 0.3 is 0 Å². The number of hydrogen-bond acceptors (Lipinski definition) is 5. The third kappa shape index (κ3) is 4.39. The normalized spacial score (nSPS) is 10.5. The van der Waals surface area contributed by atoms with Crippen LogP contribution in [0.25, 0.3) is 0 Å². The van der Waals surface area contributed by atoms with Gasteiger partial charge in [0.2, 0.25) is 0 Å². The van der Waals surface area contributed by atoms with Crippen molar-refractivity contribution in [2.75, 3.05) is 18.0 Å². The molecule has 27 heavy (non-hydrogen) atoms.